The highest BCUT2D eigenvalue weighted by Gasteiger charge is 2.31. The van der Waals surface area contributed by atoms with Crippen molar-refractivity contribution in [2.75, 3.05) is 17.7 Å². The van der Waals surface area contributed by atoms with Crippen LogP contribution in [0.1, 0.15) is 15.9 Å². The second-order valence-corrected chi connectivity index (χ2v) is 5.73. The van der Waals surface area contributed by atoms with Gasteiger partial charge in [0.05, 0.1) is 26.9 Å². The molecule has 0 aliphatic rings. The summed E-state index contributed by atoms with van der Waals surface area (Å²) in [6, 6.07) is 4.64. The van der Waals surface area contributed by atoms with Gasteiger partial charge < -0.3 is 15.8 Å². The number of nitrogens with zero attached hydrogens (tertiary/aromatic N) is 1. The average Bonchev–Trinajstić information content (AvgIpc) is 2.56. The van der Waals surface area contributed by atoms with E-state index in [4.69, 9.17) is 33.7 Å². The van der Waals surface area contributed by atoms with Gasteiger partial charge >= 0.3 is 12.1 Å². The SMILES string of the molecule is Nc1cc(C(=O)OCC(=O)Nc2ncc(C(F)(F)F)cc2Cl)ccc1Cl. The predicted octanol–water partition coefficient (Wildman–Crippen LogP) is 3.78. The maximum Gasteiger partial charge on any atom is 0.417 e. The van der Waals surface area contributed by atoms with Gasteiger partial charge in [0.15, 0.2) is 12.4 Å². The number of amides is 1. The van der Waals surface area contributed by atoms with Crippen molar-refractivity contribution < 1.29 is 27.5 Å². The van der Waals surface area contributed by atoms with Crippen LogP contribution in [-0.4, -0.2) is 23.5 Å². The Morgan fingerprint density at radius 2 is 1.88 bits per heavy atom. The highest BCUT2D eigenvalue weighted by Crippen LogP contribution is 2.32. The Hall–Kier alpha value is -2.52. The standard InChI is InChI=1S/C15H10Cl2F3N3O3/c16-9-2-1-7(3-11(9)21)14(25)26-6-12(24)23-13-10(17)4-8(5-22-13)15(18,19)20/h1-5H,6,21H2,(H,22,23,24). The van der Waals surface area contributed by atoms with Crippen molar-refractivity contribution in [3.63, 3.8) is 0 Å². The molecule has 1 amide bonds. The Kier molecular flexibility index (Phi) is 5.94. The summed E-state index contributed by atoms with van der Waals surface area (Å²) in [7, 11) is 0. The number of nitrogen functional groups attached to an aromatic ring is 1. The van der Waals surface area contributed by atoms with E-state index in [-0.39, 0.29) is 22.1 Å². The number of benzene rings is 1. The Morgan fingerprint density at radius 3 is 2.46 bits per heavy atom. The third-order valence-corrected chi connectivity index (χ3v) is 3.62. The minimum atomic E-state index is -4.62. The van der Waals surface area contributed by atoms with Gasteiger partial charge in [-0.05, 0) is 24.3 Å². The topological polar surface area (TPSA) is 94.3 Å². The number of esters is 1. The molecule has 0 radical (unpaired) electrons. The van der Waals surface area contributed by atoms with Crippen LogP contribution in [-0.2, 0) is 15.7 Å². The van der Waals surface area contributed by atoms with Gasteiger partial charge in [-0.1, -0.05) is 23.2 Å². The number of nitrogens with one attached hydrogen (secondary N) is 1. The van der Waals surface area contributed by atoms with Crippen LogP contribution in [0.15, 0.2) is 30.5 Å². The lowest BCUT2D eigenvalue weighted by atomic mass is 10.2. The van der Waals surface area contributed by atoms with E-state index < -0.39 is 35.2 Å². The van der Waals surface area contributed by atoms with Gasteiger partial charge in [-0.2, -0.15) is 13.2 Å². The molecule has 0 atom stereocenters. The number of ether oxygens (including phenoxy) is 1. The van der Waals surface area contributed by atoms with Crippen LogP contribution >= 0.6 is 23.2 Å². The number of hydrogen-bond acceptors (Lipinski definition) is 5. The molecule has 1 aromatic carbocycles. The van der Waals surface area contributed by atoms with Crippen molar-refractivity contribution in [2.45, 2.75) is 6.18 Å². The Balaban J connectivity index is 1.96. The number of rotatable bonds is 4. The molecule has 138 valence electrons. The highest BCUT2D eigenvalue weighted by molar-refractivity contribution is 6.33. The van der Waals surface area contributed by atoms with Gasteiger partial charge in [0.25, 0.3) is 5.91 Å². The van der Waals surface area contributed by atoms with Gasteiger partial charge in [-0.3, -0.25) is 4.79 Å². The fraction of sp³-hybridized carbons (Fsp3) is 0.133. The molecule has 0 fully saturated rings. The maximum atomic E-state index is 12.5. The van der Waals surface area contributed by atoms with Crippen LogP contribution < -0.4 is 11.1 Å². The zero-order valence-corrected chi connectivity index (χ0v) is 14.2. The van der Waals surface area contributed by atoms with E-state index in [0.717, 1.165) is 0 Å². The Morgan fingerprint density at radius 1 is 1.19 bits per heavy atom. The van der Waals surface area contributed by atoms with Crippen LogP contribution in [0, 0.1) is 0 Å². The van der Waals surface area contributed by atoms with Gasteiger partial charge in [0, 0.05) is 6.20 Å². The molecule has 3 N–H and O–H groups in total. The monoisotopic (exact) mass is 407 g/mol. The van der Waals surface area contributed by atoms with Crippen molar-refractivity contribution in [1.82, 2.24) is 4.98 Å². The maximum absolute atomic E-state index is 12.5. The average molecular weight is 408 g/mol. The molecule has 0 saturated heterocycles. The Bertz CT molecular complexity index is 860. The van der Waals surface area contributed by atoms with Crippen LogP contribution in [0.3, 0.4) is 0 Å². The summed E-state index contributed by atoms with van der Waals surface area (Å²) in [6.45, 7) is -0.708. The lowest BCUT2D eigenvalue weighted by Crippen LogP contribution is -2.22. The molecule has 26 heavy (non-hydrogen) atoms. The third kappa shape index (κ3) is 4.99. The molecule has 2 rings (SSSR count). The number of aromatic nitrogens is 1. The van der Waals surface area contributed by atoms with Gasteiger partial charge in [-0.15, -0.1) is 0 Å². The number of carbonyl (C=O) groups excluding carboxylic acids is 2. The van der Waals surface area contributed by atoms with E-state index in [1.807, 2.05) is 0 Å². The van der Waals surface area contributed by atoms with Crippen molar-refractivity contribution in [3.8, 4) is 0 Å². The van der Waals surface area contributed by atoms with Gasteiger partial charge in [0.2, 0.25) is 0 Å². The Labute approximate surface area is 155 Å². The largest absolute Gasteiger partial charge is 0.452 e. The first-order valence-corrected chi connectivity index (χ1v) is 7.58. The summed E-state index contributed by atoms with van der Waals surface area (Å²) in [5, 5.41) is 1.98. The minimum Gasteiger partial charge on any atom is -0.452 e. The van der Waals surface area contributed by atoms with E-state index in [9.17, 15) is 22.8 Å². The fourth-order valence-corrected chi connectivity index (χ4v) is 2.07. The van der Waals surface area contributed by atoms with E-state index in [1.54, 1.807) is 0 Å². The molecular weight excluding hydrogens is 398 g/mol. The summed E-state index contributed by atoms with van der Waals surface area (Å²) in [5.41, 5.74) is 4.72. The molecule has 0 saturated carbocycles. The molecule has 2 aromatic rings. The fourth-order valence-electron chi connectivity index (χ4n) is 1.74. The molecule has 1 heterocycles. The van der Waals surface area contributed by atoms with Crippen LogP contribution in [0.25, 0.3) is 0 Å². The van der Waals surface area contributed by atoms with E-state index in [2.05, 4.69) is 10.3 Å². The van der Waals surface area contributed by atoms with Crippen molar-refractivity contribution in [3.05, 3.63) is 51.6 Å². The number of pyridine rings is 1. The predicted molar refractivity (Wildman–Crippen MR) is 89.0 cm³/mol. The molecule has 6 nitrogen and oxygen atoms in total. The number of carbonyl (C=O) groups is 2. The number of anilines is 2. The summed E-state index contributed by atoms with van der Waals surface area (Å²) in [6.07, 6.45) is -4.10. The normalized spacial score (nSPS) is 11.1. The first-order chi connectivity index (χ1) is 12.1. The van der Waals surface area contributed by atoms with Crippen molar-refractivity contribution in [2.24, 2.45) is 0 Å². The van der Waals surface area contributed by atoms with Crippen LogP contribution in [0.5, 0.6) is 0 Å². The number of hydrogen-bond donors (Lipinski definition) is 2. The highest BCUT2D eigenvalue weighted by atomic mass is 35.5. The van der Waals surface area contributed by atoms with Crippen LogP contribution in [0.4, 0.5) is 24.7 Å². The summed E-state index contributed by atoms with van der Waals surface area (Å²) in [4.78, 5) is 27.0. The molecular formula is C15H10Cl2F3N3O3. The number of halogens is 5. The zero-order valence-electron chi connectivity index (χ0n) is 12.7. The van der Waals surface area contributed by atoms with E-state index >= 15 is 0 Å². The zero-order chi connectivity index (χ0) is 19.5. The molecule has 0 aliphatic carbocycles. The molecule has 0 unspecified atom stereocenters. The first-order valence-electron chi connectivity index (χ1n) is 6.82. The third-order valence-electron chi connectivity index (χ3n) is 2.99. The number of nitrogens with two attached hydrogens (primary N) is 1. The minimum absolute atomic E-state index is 0.0744. The lowest BCUT2D eigenvalue weighted by Gasteiger charge is -2.10. The molecule has 0 aliphatic heterocycles. The van der Waals surface area contributed by atoms with Gasteiger partial charge in [0.1, 0.15) is 0 Å². The summed E-state index contributed by atoms with van der Waals surface area (Å²) < 4.78 is 42.4. The molecule has 0 bridgehead atoms. The molecule has 11 heteroatoms. The molecule has 0 spiro atoms. The summed E-state index contributed by atoms with van der Waals surface area (Å²) in [5.74, 6) is -1.97. The van der Waals surface area contributed by atoms with Crippen LogP contribution in [0.2, 0.25) is 10.0 Å². The first kappa shape index (κ1) is 19.8. The lowest BCUT2D eigenvalue weighted by molar-refractivity contribution is -0.137. The quantitative estimate of drug-likeness (QED) is 0.593. The van der Waals surface area contributed by atoms with Crippen molar-refractivity contribution >= 4 is 46.6 Å². The summed E-state index contributed by atoms with van der Waals surface area (Å²) >= 11 is 11.4. The van der Waals surface area contributed by atoms with E-state index in [1.165, 1.54) is 18.2 Å². The van der Waals surface area contributed by atoms with Gasteiger partial charge in [-0.25, -0.2) is 9.78 Å². The molecule has 1 aromatic heterocycles. The smallest absolute Gasteiger partial charge is 0.417 e. The van der Waals surface area contributed by atoms with E-state index in [0.29, 0.717) is 12.3 Å². The second-order valence-electron chi connectivity index (χ2n) is 4.91. The second kappa shape index (κ2) is 7.79. The van der Waals surface area contributed by atoms with Crippen molar-refractivity contribution in [1.29, 1.82) is 0 Å². The number of alkyl halides is 3.